The van der Waals surface area contributed by atoms with Gasteiger partial charge in [0.2, 0.25) is 11.7 Å². The van der Waals surface area contributed by atoms with Gasteiger partial charge in [-0.3, -0.25) is 9.59 Å². The summed E-state index contributed by atoms with van der Waals surface area (Å²) in [7, 11) is 0. The Morgan fingerprint density at radius 1 is 0.973 bits per heavy atom. The van der Waals surface area contributed by atoms with Crippen molar-refractivity contribution in [3.63, 3.8) is 0 Å². The van der Waals surface area contributed by atoms with Gasteiger partial charge in [0.05, 0.1) is 29.5 Å². The van der Waals surface area contributed by atoms with Gasteiger partial charge < -0.3 is 20.3 Å². The molecule has 3 aromatic rings. The highest BCUT2D eigenvalue weighted by atomic mass is 32.1. The first-order valence-corrected chi connectivity index (χ1v) is 13.6. The molecule has 9 heteroatoms. The summed E-state index contributed by atoms with van der Waals surface area (Å²) in [5.74, 6) is -0.403. The summed E-state index contributed by atoms with van der Waals surface area (Å²) >= 11 is 1.33. The lowest BCUT2D eigenvalue weighted by atomic mass is 9.99. The highest BCUT2D eigenvalue weighted by Crippen LogP contribution is 2.23. The molecule has 0 radical (unpaired) electrons. The van der Waals surface area contributed by atoms with Gasteiger partial charge in [-0.05, 0) is 42.9 Å². The van der Waals surface area contributed by atoms with E-state index in [0.29, 0.717) is 50.6 Å². The molecule has 1 saturated heterocycles. The third-order valence-corrected chi connectivity index (χ3v) is 7.37. The molecule has 37 heavy (non-hydrogen) atoms. The fraction of sp³-hybridized carbons (Fsp3) is 0.429. The van der Waals surface area contributed by atoms with Gasteiger partial charge in [-0.1, -0.05) is 56.3 Å². The number of Topliss-reactive ketones (excluding diaryl/α,β-unsaturated/α-hetero) is 1. The fourth-order valence-electron chi connectivity index (χ4n) is 4.33. The number of rotatable bonds is 10. The zero-order valence-electron chi connectivity index (χ0n) is 21.3. The van der Waals surface area contributed by atoms with E-state index in [4.69, 9.17) is 4.74 Å². The first-order valence-electron chi connectivity index (χ1n) is 12.8. The fourth-order valence-corrected chi connectivity index (χ4v) is 5.29. The number of hydrogen-bond acceptors (Lipinski definition) is 6. The molecule has 1 aliphatic rings. The largest absolute Gasteiger partial charge is 0.378 e. The van der Waals surface area contributed by atoms with Crippen molar-refractivity contribution >= 4 is 39.3 Å². The van der Waals surface area contributed by atoms with Crippen LogP contribution in [0.2, 0.25) is 0 Å². The minimum absolute atomic E-state index is 0.170. The molecule has 0 aliphatic carbocycles. The van der Waals surface area contributed by atoms with Crippen molar-refractivity contribution < 1.29 is 19.1 Å². The number of ether oxygens (including phenoxy) is 1. The van der Waals surface area contributed by atoms with Crippen molar-refractivity contribution in [1.82, 2.24) is 20.5 Å². The maximum Gasteiger partial charge on any atom is 0.318 e. The summed E-state index contributed by atoms with van der Waals surface area (Å²) in [4.78, 5) is 46.1. The maximum absolute atomic E-state index is 13.6. The van der Waals surface area contributed by atoms with E-state index >= 15 is 0 Å². The molecule has 8 nitrogen and oxygen atoms in total. The monoisotopic (exact) mass is 522 g/mol. The van der Waals surface area contributed by atoms with Crippen LogP contribution in [0.1, 0.15) is 42.1 Å². The number of amides is 3. The Bertz CT molecular complexity index is 1170. The van der Waals surface area contributed by atoms with Gasteiger partial charge in [0, 0.05) is 13.1 Å². The number of carbonyl (C=O) groups excluding carboxylic acids is 3. The van der Waals surface area contributed by atoms with Crippen LogP contribution in [0.4, 0.5) is 4.79 Å². The Morgan fingerprint density at radius 2 is 1.68 bits per heavy atom. The van der Waals surface area contributed by atoms with E-state index in [0.717, 1.165) is 15.8 Å². The first-order chi connectivity index (χ1) is 17.9. The normalized spacial score (nSPS) is 15.4. The van der Waals surface area contributed by atoms with Crippen molar-refractivity contribution in [3.8, 4) is 0 Å². The van der Waals surface area contributed by atoms with E-state index in [2.05, 4.69) is 15.6 Å². The van der Waals surface area contributed by atoms with E-state index in [9.17, 15) is 14.4 Å². The molecule has 1 aliphatic heterocycles. The van der Waals surface area contributed by atoms with Crippen LogP contribution in [0.5, 0.6) is 0 Å². The number of aryl methyl sites for hydroxylation is 1. The zero-order chi connectivity index (χ0) is 26.2. The quantitative estimate of drug-likeness (QED) is 0.391. The van der Waals surface area contributed by atoms with Crippen LogP contribution >= 0.6 is 11.3 Å². The number of thiazole rings is 1. The summed E-state index contributed by atoms with van der Waals surface area (Å²) in [5, 5.41) is 6.23. The van der Waals surface area contributed by atoms with Crippen LogP contribution in [0.3, 0.4) is 0 Å². The molecule has 2 N–H and O–H groups in total. The highest BCUT2D eigenvalue weighted by Gasteiger charge is 2.30. The third kappa shape index (κ3) is 7.36. The maximum atomic E-state index is 13.6. The minimum Gasteiger partial charge on any atom is -0.378 e. The van der Waals surface area contributed by atoms with E-state index in [1.165, 1.54) is 11.3 Å². The molecule has 0 unspecified atom stereocenters. The van der Waals surface area contributed by atoms with Crippen LogP contribution in [-0.2, 0) is 16.0 Å². The molecule has 2 heterocycles. The lowest BCUT2D eigenvalue weighted by Crippen LogP contribution is -2.56. The van der Waals surface area contributed by atoms with Crippen molar-refractivity contribution in [2.45, 2.75) is 45.2 Å². The molecule has 2 aromatic carbocycles. The summed E-state index contributed by atoms with van der Waals surface area (Å²) < 4.78 is 6.26. The number of morpholine rings is 1. The SMILES string of the molecule is CC(C)C[C@H](NC(=O)N1CCOCC1)C(=O)N[C@H](CCc1ccccc1)C(=O)c1nc2ccccc2s1. The number of aromatic nitrogens is 1. The summed E-state index contributed by atoms with van der Waals surface area (Å²) in [6, 6.07) is 15.7. The predicted octanol–water partition coefficient (Wildman–Crippen LogP) is 4.05. The average Bonchev–Trinajstić information content (AvgIpc) is 3.35. The number of fused-ring (bicyclic) bond motifs is 1. The molecule has 4 rings (SSSR count). The number of ketones is 1. The van der Waals surface area contributed by atoms with Crippen LogP contribution in [-0.4, -0.2) is 66.0 Å². The Labute approximate surface area is 221 Å². The third-order valence-electron chi connectivity index (χ3n) is 6.32. The minimum atomic E-state index is -0.761. The average molecular weight is 523 g/mol. The summed E-state index contributed by atoms with van der Waals surface area (Å²) in [5.41, 5.74) is 1.85. The van der Waals surface area contributed by atoms with E-state index < -0.39 is 12.1 Å². The van der Waals surface area contributed by atoms with Gasteiger partial charge in [-0.2, -0.15) is 0 Å². The van der Waals surface area contributed by atoms with Gasteiger partial charge in [-0.15, -0.1) is 11.3 Å². The second kappa shape index (κ2) is 12.8. The Morgan fingerprint density at radius 3 is 2.38 bits per heavy atom. The number of hydrogen-bond donors (Lipinski definition) is 2. The summed E-state index contributed by atoms with van der Waals surface area (Å²) in [6.45, 7) is 5.93. The molecular formula is C28H34N4O4S. The molecule has 196 valence electrons. The van der Waals surface area contributed by atoms with E-state index in [1.807, 2.05) is 68.4 Å². The van der Waals surface area contributed by atoms with Gasteiger partial charge in [0.1, 0.15) is 6.04 Å². The Kier molecular flexibility index (Phi) is 9.24. The topological polar surface area (TPSA) is 101 Å². The molecule has 3 amide bonds. The van der Waals surface area contributed by atoms with Crippen molar-refractivity contribution in [3.05, 3.63) is 65.2 Å². The number of carbonyl (C=O) groups is 3. The predicted molar refractivity (Wildman–Crippen MR) is 145 cm³/mol. The van der Waals surface area contributed by atoms with Gasteiger partial charge >= 0.3 is 6.03 Å². The molecule has 2 atom stereocenters. The zero-order valence-corrected chi connectivity index (χ0v) is 22.1. The standard InChI is InChI=1S/C28H34N4O4S/c1-19(2)18-23(31-28(35)32-14-16-36-17-15-32)26(34)29-22(13-12-20-8-4-3-5-9-20)25(33)27-30-21-10-6-7-11-24(21)37-27/h3-11,19,22-23H,12-18H2,1-2H3,(H,29,34)(H,31,35)/t22-,23+/m1/s1. The number of benzene rings is 2. The molecule has 0 saturated carbocycles. The van der Waals surface area contributed by atoms with Crippen molar-refractivity contribution in [1.29, 1.82) is 0 Å². The second-order valence-corrected chi connectivity index (χ2v) is 10.7. The molecule has 0 spiro atoms. The lowest BCUT2D eigenvalue weighted by Gasteiger charge is -2.30. The van der Waals surface area contributed by atoms with Crippen LogP contribution in [0.15, 0.2) is 54.6 Å². The van der Waals surface area contributed by atoms with Gasteiger partial charge in [0.15, 0.2) is 5.01 Å². The van der Waals surface area contributed by atoms with Crippen molar-refractivity contribution in [2.75, 3.05) is 26.3 Å². The van der Waals surface area contributed by atoms with Crippen LogP contribution in [0.25, 0.3) is 10.2 Å². The Balaban J connectivity index is 1.52. The molecule has 1 aromatic heterocycles. The van der Waals surface area contributed by atoms with Crippen molar-refractivity contribution in [2.24, 2.45) is 5.92 Å². The van der Waals surface area contributed by atoms with Gasteiger partial charge in [-0.25, -0.2) is 9.78 Å². The van der Waals surface area contributed by atoms with Crippen LogP contribution < -0.4 is 10.6 Å². The number of nitrogens with one attached hydrogen (secondary N) is 2. The van der Waals surface area contributed by atoms with Gasteiger partial charge in [0.25, 0.3) is 0 Å². The lowest BCUT2D eigenvalue weighted by molar-refractivity contribution is -0.123. The first kappa shape index (κ1) is 26.8. The highest BCUT2D eigenvalue weighted by molar-refractivity contribution is 7.20. The molecular weight excluding hydrogens is 488 g/mol. The second-order valence-electron chi connectivity index (χ2n) is 9.67. The Hall–Kier alpha value is -3.30. The number of nitrogens with zero attached hydrogens (tertiary/aromatic N) is 2. The molecule has 1 fully saturated rings. The van der Waals surface area contributed by atoms with E-state index in [1.54, 1.807) is 4.90 Å². The molecule has 0 bridgehead atoms. The smallest absolute Gasteiger partial charge is 0.318 e. The number of urea groups is 1. The number of para-hydroxylation sites is 1. The van der Waals surface area contributed by atoms with E-state index in [-0.39, 0.29) is 23.6 Å². The van der Waals surface area contributed by atoms with Crippen LogP contribution in [0, 0.1) is 5.92 Å². The summed E-state index contributed by atoms with van der Waals surface area (Å²) in [6.07, 6.45) is 1.51.